The molecule has 2 aliphatic rings. The average molecular weight is 640 g/mol. The molecule has 1 atom stereocenters. The molecule has 228 valence electrons. The van der Waals surface area contributed by atoms with Crippen molar-refractivity contribution in [3.63, 3.8) is 0 Å². The first kappa shape index (κ1) is 27.0. The van der Waals surface area contributed by atoms with E-state index in [1.807, 2.05) is 11.3 Å². The van der Waals surface area contributed by atoms with Crippen molar-refractivity contribution in [1.29, 1.82) is 0 Å². The third kappa shape index (κ3) is 3.54. The molecule has 49 heavy (non-hydrogen) atoms. The second kappa shape index (κ2) is 10.0. The summed E-state index contributed by atoms with van der Waals surface area (Å²) in [7, 11) is 0. The van der Waals surface area contributed by atoms with Crippen molar-refractivity contribution < 1.29 is 0 Å². The van der Waals surface area contributed by atoms with Crippen molar-refractivity contribution in [2.75, 3.05) is 4.90 Å². The van der Waals surface area contributed by atoms with Gasteiger partial charge in [0.05, 0.1) is 11.1 Å². The molecule has 0 saturated heterocycles. The van der Waals surface area contributed by atoms with Gasteiger partial charge in [-0.3, -0.25) is 0 Å². The Balaban J connectivity index is 1.26. The number of fused-ring (bicyclic) bond motifs is 15. The number of nitrogens with zero attached hydrogens (tertiary/aromatic N) is 1. The molecule has 2 aliphatic carbocycles. The SMILES string of the molecule is c1ccc(N(c2ccc3c(c2)C2(c4ccccc4-3)c3ccccc3-c3sc4ccccc4c32)c2cc3ccccc3c3ccccc23)cc1. The number of thiophene rings is 1. The van der Waals surface area contributed by atoms with Gasteiger partial charge in [-0.15, -0.1) is 11.3 Å². The first-order valence-corrected chi connectivity index (χ1v) is 17.8. The molecule has 11 rings (SSSR count). The Morgan fingerprint density at radius 3 is 1.86 bits per heavy atom. The number of rotatable bonds is 3. The molecule has 0 saturated carbocycles. The van der Waals surface area contributed by atoms with E-state index in [1.54, 1.807) is 0 Å². The van der Waals surface area contributed by atoms with Crippen molar-refractivity contribution in [1.82, 2.24) is 0 Å². The molecule has 1 heterocycles. The van der Waals surface area contributed by atoms with Gasteiger partial charge in [0.1, 0.15) is 0 Å². The standard InChI is InChI=1S/C47H29NS/c1-2-15-31(16-3-1)48(43-28-30-14-4-5-17-33(30)34-18-6-7-20-37(34)43)32-26-27-36-35-19-8-11-23-40(35)47(42(36)29-32)41-24-12-9-21-38(41)46-45(47)39-22-10-13-25-44(39)49-46/h1-29H. The zero-order valence-electron chi connectivity index (χ0n) is 26.6. The maximum atomic E-state index is 2.50. The summed E-state index contributed by atoms with van der Waals surface area (Å²) in [4.78, 5) is 3.87. The largest absolute Gasteiger partial charge is 0.310 e. The summed E-state index contributed by atoms with van der Waals surface area (Å²) >= 11 is 1.94. The van der Waals surface area contributed by atoms with Gasteiger partial charge in [-0.05, 0) is 96.9 Å². The number of benzene rings is 8. The Kier molecular flexibility index (Phi) is 5.53. The fourth-order valence-electron chi connectivity index (χ4n) is 8.94. The maximum absolute atomic E-state index is 2.50. The first-order chi connectivity index (χ1) is 24.3. The predicted octanol–water partition coefficient (Wildman–Crippen LogP) is 13.0. The van der Waals surface area contributed by atoms with E-state index in [2.05, 4.69) is 181 Å². The molecule has 0 amide bonds. The third-order valence-electron chi connectivity index (χ3n) is 10.8. The second-order valence-electron chi connectivity index (χ2n) is 13.2. The van der Waals surface area contributed by atoms with Gasteiger partial charge in [0.2, 0.25) is 0 Å². The lowest BCUT2D eigenvalue weighted by Gasteiger charge is -2.32. The molecule has 1 unspecified atom stereocenters. The van der Waals surface area contributed by atoms with Gasteiger partial charge < -0.3 is 4.90 Å². The first-order valence-electron chi connectivity index (χ1n) is 16.9. The van der Waals surface area contributed by atoms with Crippen LogP contribution in [-0.4, -0.2) is 0 Å². The van der Waals surface area contributed by atoms with E-state index in [-0.39, 0.29) is 0 Å². The molecule has 1 nitrogen and oxygen atoms in total. The summed E-state index contributed by atoms with van der Waals surface area (Å²) in [6.45, 7) is 0. The number of para-hydroxylation sites is 1. The second-order valence-corrected chi connectivity index (χ2v) is 14.3. The molecule has 0 bridgehead atoms. The minimum Gasteiger partial charge on any atom is -0.310 e. The van der Waals surface area contributed by atoms with Crippen LogP contribution in [0, 0.1) is 0 Å². The highest BCUT2D eigenvalue weighted by Crippen LogP contribution is 2.66. The van der Waals surface area contributed by atoms with Crippen molar-refractivity contribution in [2.45, 2.75) is 5.41 Å². The van der Waals surface area contributed by atoms with E-state index in [0.717, 1.165) is 11.4 Å². The fraction of sp³-hybridized carbons (Fsp3) is 0.0213. The summed E-state index contributed by atoms with van der Waals surface area (Å²) in [5.74, 6) is 0. The molecule has 1 spiro atoms. The molecular formula is C47H29NS. The highest BCUT2D eigenvalue weighted by Gasteiger charge is 2.53. The van der Waals surface area contributed by atoms with E-state index in [4.69, 9.17) is 0 Å². The van der Waals surface area contributed by atoms with Crippen molar-refractivity contribution in [2.24, 2.45) is 0 Å². The number of hydrogen-bond acceptors (Lipinski definition) is 2. The van der Waals surface area contributed by atoms with Crippen LogP contribution in [0.2, 0.25) is 0 Å². The Morgan fingerprint density at radius 2 is 1.02 bits per heavy atom. The minimum atomic E-state index is -0.415. The average Bonchev–Trinajstić information content (AvgIpc) is 3.79. The van der Waals surface area contributed by atoms with Crippen LogP contribution < -0.4 is 4.90 Å². The highest BCUT2D eigenvalue weighted by molar-refractivity contribution is 7.22. The van der Waals surface area contributed by atoms with Gasteiger partial charge in [-0.1, -0.05) is 140 Å². The predicted molar refractivity (Wildman–Crippen MR) is 208 cm³/mol. The van der Waals surface area contributed by atoms with Gasteiger partial charge in [0.15, 0.2) is 0 Å². The topological polar surface area (TPSA) is 3.24 Å². The van der Waals surface area contributed by atoms with Crippen LogP contribution in [0.15, 0.2) is 176 Å². The summed E-state index contributed by atoms with van der Waals surface area (Å²) in [6.07, 6.45) is 0. The minimum absolute atomic E-state index is 0.415. The Labute approximate surface area is 289 Å². The van der Waals surface area contributed by atoms with Gasteiger partial charge in [0, 0.05) is 26.3 Å². The summed E-state index contributed by atoms with van der Waals surface area (Å²) in [5, 5.41) is 6.37. The fourth-order valence-corrected chi connectivity index (χ4v) is 10.2. The van der Waals surface area contributed by atoms with Crippen molar-refractivity contribution >= 4 is 60.0 Å². The molecule has 2 heteroatoms. The highest BCUT2D eigenvalue weighted by atomic mass is 32.1. The Hall–Kier alpha value is -5.96. The molecule has 1 aromatic heterocycles. The lowest BCUT2D eigenvalue weighted by Crippen LogP contribution is -2.26. The van der Waals surface area contributed by atoms with Gasteiger partial charge in [-0.25, -0.2) is 0 Å². The van der Waals surface area contributed by atoms with Crippen LogP contribution >= 0.6 is 11.3 Å². The monoisotopic (exact) mass is 639 g/mol. The zero-order chi connectivity index (χ0) is 32.1. The summed E-state index contributed by atoms with van der Waals surface area (Å²) in [5.41, 5.74) is 12.6. The molecule has 0 radical (unpaired) electrons. The molecule has 0 aliphatic heterocycles. The Morgan fingerprint density at radius 1 is 0.408 bits per heavy atom. The molecular weight excluding hydrogens is 611 g/mol. The lowest BCUT2D eigenvalue weighted by atomic mass is 9.70. The van der Waals surface area contributed by atoms with Crippen LogP contribution in [-0.2, 0) is 5.41 Å². The van der Waals surface area contributed by atoms with Crippen LogP contribution in [0.25, 0.3) is 53.2 Å². The van der Waals surface area contributed by atoms with Crippen LogP contribution in [0.5, 0.6) is 0 Å². The van der Waals surface area contributed by atoms with E-state index in [9.17, 15) is 0 Å². The van der Waals surface area contributed by atoms with Gasteiger partial charge >= 0.3 is 0 Å². The van der Waals surface area contributed by atoms with Gasteiger partial charge in [-0.2, -0.15) is 0 Å². The van der Waals surface area contributed by atoms with Crippen LogP contribution in [0.4, 0.5) is 17.1 Å². The number of hydrogen-bond donors (Lipinski definition) is 0. The number of anilines is 3. The molecule has 0 fully saturated rings. The zero-order valence-corrected chi connectivity index (χ0v) is 27.4. The summed E-state index contributed by atoms with van der Waals surface area (Å²) < 4.78 is 1.34. The third-order valence-corrected chi connectivity index (χ3v) is 12.0. The molecule has 8 aromatic carbocycles. The van der Waals surface area contributed by atoms with Crippen molar-refractivity contribution in [3.8, 4) is 21.6 Å². The lowest BCUT2D eigenvalue weighted by molar-refractivity contribution is 0.802. The Bertz CT molecular complexity index is 2790. The van der Waals surface area contributed by atoms with E-state index < -0.39 is 5.41 Å². The van der Waals surface area contributed by atoms with Gasteiger partial charge in [0.25, 0.3) is 0 Å². The normalized spacial score (nSPS) is 15.4. The van der Waals surface area contributed by atoms with Crippen LogP contribution in [0.1, 0.15) is 22.3 Å². The van der Waals surface area contributed by atoms with Crippen molar-refractivity contribution in [3.05, 3.63) is 198 Å². The smallest absolute Gasteiger partial charge is 0.0740 e. The van der Waals surface area contributed by atoms with E-state index in [1.165, 1.54) is 81.1 Å². The molecule has 0 N–H and O–H groups in total. The maximum Gasteiger partial charge on any atom is 0.0740 e. The molecule has 9 aromatic rings. The van der Waals surface area contributed by atoms with E-state index in [0.29, 0.717) is 0 Å². The summed E-state index contributed by atoms with van der Waals surface area (Å²) in [6, 6.07) is 65.3. The quantitative estimate of drug-likeness (QED) is 0.174. The van der Waals surface area contributed by atoms with E-state index >= 15 is 0 Å². The van der Waals surface area contributed by atoms with Crippen LogP contribution in [0.3, 0.4) is 0 Å².